The zero-order valence-electron chi connectivity index (χ0n) is 12.3. The van der Waals surface area contributed by atoms with Crippen LogP contribution in [0, 0.1) is 0 Å². The molecule has 104 valence electrons. The number of nitrogens with zero attached hydrogens (tertiary/aromatic N) is 3. The highest BCUT2D eigenvalue weighted by Crippen LogP contribution is 2.37. The van der Waals surface area contributed by atoms with Crippen LogP contribution in [-0.2, 0) is 7.05 Å². The highest BCUT2D eigenvalue weighted by atomic mass is 16.3. The van der Waals surface area contributed by atoms with Gasteiger partial charge in [-0.1, -0.05) is 27.7 Å². The molecule has 0 aliphatic carbocycles. The third kappa shape index (κ3) is 2.59. The van der Waals surface area contributed by atoms with E-state index in [1.165, 1.54) is 0 Å². The number of rotatable bonds is 7. The fraction of sp³-hybridized carbons (Fsp3) is 0.786. The van der Waals surface area contributed by atoms with Crippen molar-refractivity contribution in [2.45, 2.75) is 52.2 Å². The van der Waals surface area contributed by atoms with Gasteiger partial charge in [-0.05, 0) is 25.9 Å². The second-order valence-corrected chi connectivity index (χ2v) is 4.83. The molecule has 1 N–H and O–H groups in total. The Morgan fingerprint density at radius 2 is 1.83 bits per heavy atom. The average Bonchev–Trinajstić information content (AvgIpc) is 2.82. The summed E-state index contributed by atoms with van der Waals surface area (Å²) in [4.78, 5) is 2.37. The first kappa shape index (κ1) is 15.2. The lowest BCUT2D eigenvalue weighted by atomic mass is 9.82. The molecule has 1 unspecified atom stereocenters. The molecule has 4 heteroatoms. The summed E-state index contributed by atoms with van der Waals surface area (Å²) in [5.41, 5.74) is 0.722. The molecule has 0 spiro atoms. The summed E-state index contributed by atoms with van der Waals surface area (Å²) in [5, 5.41) is 15.0. The molecular weight excluding hydrogens is 226 g/mol. The van der Waals surface area contributed by atoms with Crippen LogP contribution in [0.1, 0.15) is 52.2 Å². The van der Waals surface area contributed by atoms with E-state index in [2.05, 4.69) is 37.7 Å². The Kier molecular flexibility index (Phi) is 5.35. The predicted molar refractivity (Wildman–Crippen MR) is 74.4 cm³/mol. The number of aromatic nitrogens is 2. The summed E-state index contributed by atoms with van der Waals surface area (Å²) in [6.07, 6.45) is 5.06. The Balaban J connectivity index is 3.10. The largest absolute Gasteiger partial charge is 0.386 e. The van der Waals surface area contributed by atoms with Gasteiger partial charge < -0.3 is 5.11 Å². The van der Waals surface area contributed by atoms with Crippen molar-refractivity contribution in [3.63, 3.8) is 0 Å². The smallest absolute Gasteiger partial charge is 0.100 e. The van der Waals surface area contributed by atoms with Crippen LogP contribution in [0.3, 0.4) is 0 Å². The van der Waals surface area contributed by atoms with Crippen LogP contribution in [0.25, 0.3) is 0 Å². The molecule has 0 saturated carbocycles. The van der Waals surface area contributed by atoms with Gasteiger partial charge in [-0.15, -0.1) is 0 Å². The molecule has 1 heterocycles. The van der Waals surface area contributed by atoms with Crippen molar-refractivity contribution in [2.24, 2.45) is 7.05 Å². The minimum atomic E-state index is -0.485. The fourth-order valence-corrected chi connectivity index (χ4v) is 3.00. The van der Waals surface area contributed by atoms with Crippen LogP contribution in [0.5, 0.6) is 0 Å². The van der Waals surface area contributed by atoms with Crippen LogP contribution in [0.2, 0.25) is 0 Å². The van der Waals surface area contributed by atoms with Gasteiger partial charge in [0.1, 0.15) is 6.10 Å². The molecular formula is C14H27N3O. The molecule has 1 aromatic heterocycles. The van der Waals surface area contributed by atoms with Crippen LogP contribution in [0.4, 0.5) is 0 Å². The Morgan fingerprint density at radius 3 is 2.17 bits per heavy atom. The SMILES string of the molecule is CCN(CC)C(CC)(CC)C(O)c1cnn(C)c1. The highest BCUT2D eigenvalue weighted by Gasteiger charge is 2.40. The minimum Gasteiger partial charge on any atom is -0.386 e. The summed E-state index contributed by atoms with van der Waals surface area (Å²) in [7, 11) is 1.88. The van der Waals surface area contributed by atoms with Gasteiger partial charge in [-0.2, -0.15) is 5.10 Å². The topological polar surface area (TPSA) is 41.3 Å². The van der Waals surface area contributed by atoms with Gasteiger partial charge in [-0.3, -0.25) is 9.58 Å². The van der Waals surface area contributed by atoms with Gasteiger partial charge in [0.15, 0.2) is 0 Å². The molecule has 0 aromatic carbocycles. The molecule has 4 nitrogen and oxygen atoms in total. The maximum absolute atomic E-state index is 10.8. The molecule has 1 atom stereocenters. The Bertz CT molecular complexity index is 354. The standard InChI is InChI=1S/C14H27N3O/c1-6-14(7-2,17(8-3)9-4)13(18)12-10-15-16(5)11-12/h10-11,13,18H,6-9H2,1-5H3. The first-order chi connectivity index (χ1) is 8.55. The number of hydrogen-bond acceptors (Lipinski definition) is 3. The van der Waals surface area contributed by atoms with Crippen molar-refractivity contribution in [1.29, 1.82) is 0 Å². The lowest BCUT2D eigenvalue weighted by Gasteiger charge is -2.45. The Morgan fingerprint density at radius 1 is 1.28 bits per heavy atom. The van der Waals surface area contributed by atoms with Gasteiger partial charge in [0.25, 0.3) is 0 Å². The molecule has 0 amide bonds. The molecule has 0 saturated heterocycles. The van der Waals surface area contributed by atoms with Crippen molar-refractivity contribution in [3.05, 3.63) is 18.0 Å². The van der Waals surface area contributed by atoms with Gasteiger partial charge in [-0.25, -0.2) is 0 Å². The van der Waals surface area contributed by atoms with E-state index in [9.17, 15) is 5.11 Å². The van der Waals surface area contributed by atoms with Crippen molar-refractivity contribution in [2.75, 3.05) is 13.1 Å². The molecule has 1 rings (SSSR count). The Labute approximate surface area is 111 Å². The molecule has 18 heavy (non-hydrogen) atoms. The normalized spacial score (nSPS) is 14.2. The third-order valence-corrected chi connectivity index (χ3v) is 4.17. The lowest BCUT2D eigenvalue weighted by Crippen LogP contribution is -2.52. The van der Waals surface area contributed by atoms with Crippen molar-refractivity contribution < 1.29 is 5.11 Å². The van der Waals surface area contributed by atoms with E-state index in [0.717, 1.165) is 31.5 Å². The van der Waals surface area contributed by atoms with Gasteiger partial charge >= 0.3 is 0 Å². The summed E-state index contributed by atoms with van der Waals surface area (Å²) >= 11 is 0. The number of aliphatic hydroxyl groups is 1. The van der Waals surface area contributed by atoms with Gasteiger partial charge in [0.05, 0.1) is 11.7 Å². The molecule has 0 fully saturated rings. The molecule has 0 aliphatic rings. The van der Waals surface area contributed by atoms with E-state index in [1.807, 2.05) is 13.2 Å². The monoisotopic (exact) mass is 253 g/mol. The second-order valence-electron chi connectivity index (χ2n) is 4.83. The predicted octanol–water partition coefficient (Wildman–Crippen LogP) is 2.35. The van der Waals surface area contributed by atoms with Crippen molar-refractivity contribution >= 4 is 0 Å². The number of hydrogen-bond donors (Lipinski definition) is 1. The van der Waals surface area contributed by atoms with E-state index >= 15 is 0 Å². The third-order valence-electron chi connectivity index (χ3n) is 4.17. The van der Waals surface area contributed by atoms with E-state index in [1.54, 1.807) is 10.9 Å². The summed E-state index contributed by atoms with van der Waals surface area (Å²) in [5.74, 6) is 0. The lowest BCUT2D eigenvalue weighted by molar-refractivity contribution is -0.0366. The molecule has 0 radical (unpaired) electrons. The minimum absolute atomic E-state index is 0.188. The summed E-state index contributed by atoms with van der Waals surface area (Å²) < 4.78 is 1.75. The maximum atomic E-state index is 10.8. The van der Waals surface area contributed by atoms with E-state index in [4.69, 9.17) is 0 Å². The first-order valence-electron chi connectivity index (χ1n) is 6.97. The fourth-order valence-electron chi connectivity index (χ4n) is 3.00. The summed E-state index contributed by atoms with van der Waals surface area (Å²) in [6.45, 7) is 10.5. The quantitative estimate of drug-likeness (QED) is 0.811. The zero-order chi connectivity index (χ0) is 13.8. The van der Waals surface area contributed by atoms with Crippen molar-refractivity contribution in [3.8, 4) is 0 Å². The molecule has 0 aliphatic heterocycles. The van der Waals surface area contributed by atoms with E-state index in [0.29, 0.717) is 0 Å². The summed E-state index contributed by atoms with van der Waals surface area (Å²) in [6, 6.07) is 0. The van der Waals surface area contributed by atoms with Gasteiger partial charge in [0, 0.05) is 18.8 Å². The second kappa shape index (κ2) is 6.34. The molecule has 1 aromatic rings. The van der Waals surface area contributed by atoms with Crippen LogP contribution in [0.15, 0.2) is 12.4 Å². The van der Waals surface area contributed by atoms with Crippen LogP contribution in [-0.4, -0.2) is 38.4 Å². The van der Waals surface area contributed by atoms with Crippen LogP contribution < -0.4 is 0 Å². The number of aliphatic hydroxyl groups excluding tert-OH is 1. The molecule has 0 bridgehead atoms. The average molecular weight is 253 g/mol. The Hall–Kier alpha value is -0.870. The number of likely N-dealkylation sites (N-methyl/N-ethyl adjacent to an activating group) is 1. The van der Waals surface area contributed by atoms with Gasteiger partial charge in [0.2, 0.25) is 0 Å². The zero-order valence-corrected chi connectivity index (χ0v) is 12.3. The maximum Gasteiger partial charge on any atom is 0.100 e. The van der Waals surface area contributed by atoms with E-state index in [-0.39, 0.29) is 5.54 Å². The van der Waals surface area contributed by atoms with Crippen molar-refractivity contribution in [1.82, 2.24) is 14.7 Å². The highest BCUT2D eigenvalue weighted by molar-refractivity contribution is 5.15. The first-order valence-corrected chi connectivity index (χ1v) is 6.97. The van der Waals surface area contributed by atoms with Crippen LogP contribution >= 0.6 is 0 Å². The number of aryl methyl sites for hydroxylation is 1. The van der Waals surface area contributed by atoms with E-state index < -0.39 is 6.10 Å².